The Labute approximate surface area is 131 Å². The van der Waals surface area contributed by atoms with Crippen LogP contribution in [0.1, 0.15) is 27.2 Å². The number of hydrogen-bond acceptors (Lipinski definition) is 3. The minimum absolute atomic E-state index is 0.130. The molecule has 3 N–H and O–H groups in total. The van der Waals surface area contributed by atoms with Crippen LogP contribution in [0.5, 0.6) is 0 Å². The fourth-order valence-corrected chi connectivity index (χ4v) is 1.75. The summed E-state index contributed by atoms with van der Waals surface area (Å²) < 4.78 is 39.2. The average molecular weight is 332 g/mol. The molecule has 0 fully saturated rings. The Morgan fingerprint density at radius 2 is 1.74 bits per heavy atom. The highest BCUT2D eigenvalue weighted by Crippen LogP contribution is 2.19. The van der Waals surface area contributed by atoms with Crippen molar-refractivity contribution in [2.75, 3.05) is 11.9 Å². The summed E-state index contributed by atoms with van der Waals surface area (Å²) in [6.07, 6.45) is 0.662. The maximum atomic E-state index is 13.4. The smallest absolute Gasteiger partial charge is 0.313 e. The van der Waals surface area contributed by atoms with Crippen molar-refractivity contribution in [1.82, 2.24) is 5.32 Å². The van der Waals surface area contributed by atoms with Crippen molar-refractivity contribution in [3.8, 4) is 0 Å². The standard InChI is InChI=1S/C15H19F3N2O3/c1-4-8(2)15(3,23)7-19-13(21)14(22)20-12-6-10(17)9(16)5-11(12)18/h5-6,8,23H,4,7H2,1-3H3,(H,19,21)(H,20,22)/t8-,15+/m0/s1. The van der Waals surface area contributed by atoms with E-state index in [4.69, 9.17) is 0 Å². The molecule has 23 heavy (non-hydrogen) atoms. The lowest BCUT2D eigenvalue weighted by Crippen LogP contribution is -2.47. The molecule has 1 aromatic rings. The third-order valence-corrected chi connectivity index (χ3v) is 3.75. The van der Waals surface area contributed by atoms with Gasteiger partial charge >= 0.3 is 11.8 Å². The second-order valence-corrected chi connectivity index (χ2v) is 5.55. The number of carbonyl (C=O) groups is 2. The maximum Gasteiger partial charge on any atom is 0.313 e. The zero-order valence-electron chi connectivity index (χ0n) is 13.0. The van der Waals surface area contributed by atoms with Gasteiger partial charge in [-0.1, -0.05) is 20.3 Å². The molecule has 0 saturated carbocycles. The Bertz CT molecular complexity index is 606. The maximum absolute atomic E-state index is 13.4. The summed E-state index contributed by atoms with van der Waals surface area (Å²) >= 11 is 0. The number of carbonyl (C=O) groups excluding carboxylic acids is 2. The molecule has 0 saturated heterocycles. The Kier molecular flexibility index (Phi) is 6.14. The third-order valence-electron chi connectivity index (χ3n) is 3.75. The van der Waals surface area contributed by atoms with Crippen molar-refractivity contribution in [2.45, 2.75) is 32.8 Å². The monoisotopic (exact) mass is 332 g/mol. The van der Waals surface area contributed by atoms with E-state index >= 15 is 0 Å². The predicted molar refractivity (Wildman–Crippen MR) is 78.0 cm³/mol. The van der Waals surface area contributed by atoms with Crippen molar-refractivity contribution >= 4 is 17.5 Å². The minimum atomic E-state index is -1.41. The molecule has 0 spiro atoms. The van der Waals surface area contributed by atoms with Gasteiger partial charge in [0.05, 0.1) is 11.3 Å². The Morgan fingerprint density at radius 1 is 1.17 bits per heavy atom. The quantitative estimate of drug-likeness (QED) is 0.570. The summed E-state index contributed by atoms with van der Waals surface area (Å²) in [6, 6.07) is 0.696. The predicted octanol–water partition coefficient (Wildman–Crippen LogP) is 1.96. The van der Waals surface area contributed by atoms with Crippen molar-refractivity contribution < 1.29 is 27.9 Å². The highest BCUT2D eigenvalue weighted by Gasteiger charge is 2.28. The van der Waals surface area contributed by atoms with Gasteiger partial charge in [0.2, 0.25) is 0 Å². The molecule has 8 heteroatoms. The molecule has 1 rings (SSSR count). The average Bonchev–Trinajstić information content (AvgIpc) is 2.49. The van der Waals surface area contributed by atoms with Crippen molar-refractivity contribution in [2.24, 2.45) is 5.92 Å². The third kappa shape index (κ3) is 4.95. The number of nitrogens with one attached hydrogen (secondary N) is 2. The highest BCUT2D eigenvalue weighted by atomic mass is 19.2. The fourth-order valence-electron chi connectivity index (χ4n) is 1.75. The molecule has 0 aliphatic carbocycles. The Morgan fingerprint density at radius 3 is 2.30 bits per heavy atom. The summed E-state index contributed by atoms with van der Waals surface area (Å²) in [5, 5.41) is 14.2. The first-order chi connectivity index (χ1) is 10.6. The molecule has 5 nitrogen and oxygen atoms in total. The molecule has 2 atom stereocenters. The lowest BCUT2D eigenvalue weighted by Gasteiger charge is -2.29. The number of anilines is 1. The molecule has 0 aliphatic rings. The van der Waals surface area contributed by atoms with Crippen LogP contribution in [0.4, 0.5) is 18.9 Å². The topological polar surface area (TPSA) is 78.4 Å². The number of hydrogen-bond donors (Lipinski definition) is 3. The van der Waals surface area contributed by atoms with Crippen molar-refractivity contribution in [1.29, 1.82) is 0 Å². The van der Waals surface area contributed by atoms with Crippen LogP contribution < -0.4 is 10.6 Å². The van der Waals surface area contributed by atoms with Crippen LogP contribution in [0.15, 0.2) is 12.1 Å². The molecule has 1 aromatic carbocycles. The van der Waals surface area contributed by atoms with Crippen molar-refractivity contribution in [3.63, 3.8) is 0 Å². The number of halogens is 3. The van der Waals surface area contributed by atoms with Gasteiger partial charge in [-0.15, -0.1) is 0 Å². The summed E-state index contributed by atoms with van der Waals surface area (Å²) in [4.78, 5) is 23.3. The first-order valence-corrected chi connectivity index (χ1v) is 7.04. The number of amides is 2. The van der Waals surface area contributed by atoms with E-state index in [1.165, 1.54) is 6.92 Å². The molecular weight excluding hydrogens is 313 g/mol. The second kappa shape index (κ2) is 7.45. The zero-order chi connectivity index (χ0) is 17.8. The normalized spacial score (nSPS) is 14.7. The molecule has 0 heterocycles. The van der Waals surface area contributed by atoms with Crippen LogP contribution >= 0.6 is 0 Å². The van der Waals surface area contributed by atoms with Gasteiger partial charge in [0.1, 0.15) is 5.82 Å². The molecule has 0 aromatic heterocycles. The SMILES string of the molecule is CC[C@H](C)[C@](C)(O)CNC(=O)C(=O)Nc1cc(F)c(F)cc1F. The summed E-state index contributed by atoms with van der Waals surface area (Å²) in [5.41, 5.74) is -1.88. The summed E-state index contributed by atoms with van der Waals surface area (Å²) in [5.74, 6) is -6.49. The molecule has 128 valence electrons. The van der Waals surface area contributed by atoms with Gasteiger partial charge in [0.25, 0.3) is 0 Å². The van der Waals surface area contributed by atoms with E-state index in [0.717, 1.165) is 0 Å². The largest absolute Gasteiger partial charge is 0.388 e. The van der Waals surface area contributed by atoms with Gasteiger partial charge in [-0.25, -0.2) is 13.2 Å². The van der Waals surface area contributed by atoms with E-state index in [1.807, 2.05) is 12.2 Å². The number of benzene rings is 1. The van der Waals surface area contributed by atoms with Gasteiger partial charge in [0.15, 0.2) is 11.6 Å². The van der Waals surface area contributed by atoms with E-state index in [9.17, 15) is 27.9 Å². The van der Waals surface area contributed by atoms with E-state index in [2.05, 4.69) is 5.32 Å². The summed E-state index contributed by atoms with van der Waals surface area (Å²) in [6.45, 7) is 4.96. The fraction of sp³-hybridized carbons (Fsp3) is 0.467. The van der Waals surface area contributed by atoms with Crippen molar-refractivity contribution in [3.05, 3.63) is 29.6 Å². The second-order valence-electron chi connectivity index (χ2n) is 5.55. The lowest BCUT2D eigenvalue weighted by molar-refractivity contribution is -0.137. The van der Waals surface area contributed by atoms with Crippen LogP contribution in [0.2, 0.25) is 0 Å². The van der Waals surface area contributed by atoms with Crippen LogP contribution in [0.25, 0.3) is 0 Å². The highest BCUT2D eigenvalue weighted by molar-refractivity contribution is 6.39. The van der Waals surface area contributed by atoms with E-state index in [0.29, 0.717) is 12.5 Å². The van der Waals surface area contributed by atoms with E-state index in [-0.39, 0.29) is 18.5 Å². The molecular formula is C15H19F3N2O3. The first kappa shape index (κ1) is 19.0. The lowest BCUT2D eigenvalue weighted by atomic mass is 9.89. The van der Waals surface area contributed by atoms with Gasteiger partial charge in [-0.2, -0.15) is 0 Å². The number of rotatable bonds is 5. The molecule has 0 bridgehead atoms. The van der Waals surface area contributed by atoms with Gasteiger partial charge in [0, 0.05) is 18.7 Å². The van der Waals surface area contributed by atoms with E-state index < -0.39 is 40.6 Å². The van der Waals surface area contributed by atoms with Crippen LogP contribution in [-0.4, -0.2) is 29.1 Å². The van der Waals surface area contributed by atoms with Crippen LogP contribution in [0, 0.1) is 23.4 Å². The minimum Gasteiger partial charge on any atom is -0.388 e. The molecule has 2 amide bonds. The van der Waals surface area contributed by atoms with Gasteiger partial charge < -0.3 is 15.7 Å². The van der Waals surface area contributed by atoms with Gasteiger partial charge in [-0.05, 0) is 12.8 Å². The number of aliphatic hydroxyl groups is 1. The van der Waals surface area contributed by atoms with Crippen LogP contribution in [-0.2, 0) is 9.59 Å². The van der Waals surface area contributed by atoms with E-state index in [1.54, 1.807) is 6.92 Å². The molecule has 0 aliphatic heterocycles. The molecule has 0 unspecified atom stereocenters. The zero-order valence-corrected chi connectivity index (χ0v) is 13.0. The van der Waals surface area contributed by atoms with Crippen LogP contribution in [0.3, 0.4) is 0 Å². The first-order valence-electron chi connectivity index (χ1n) is 7.04. The molecule has 0 radical (unpaired) electrons. The summed E-state index contributed by atoms with van der Waals surface area (Å²) in [7, 11) is 0. The Balaban J connectivity index is 2.68. The van der Waals surface area contributed by atoms with Gasteiger partial charge in [-0.3, -0.25) is 9.59 Å². The Hall–Kier alpha value is -2.09.